The fourth-order valence-corrected chi connectivity index (χ4v) is 3.68. The van der Waals surface area contributed by atoms with Gasteiger partial charge in [-0.15, -0.1) is 12.6 Å². The van der Waals surface area contributed by atoms with Crippen LogP contribution in [-0.4, -0.2) is 41.3 Å². The summed E-state index contributed by atoms with van der Waals surface area (Å²) in [6, 6.07) is 5.84. The summed E-state index contributed by atoms with van der Waals surface area (Å²) in [4.78, 5) is 30.9. The van der Waals surface area contributed by atoms with Crippen molar-refractivity contribution in [2.75, 3.05) is 19.6 Å². The van der Waals surface area contributed by atoms with Gasteiger partial charge in [0.05, 0.1) is 11.1 Å². The first-order valence-corrected chi connectivity index (χ1v) is 9.02. The van der Waals surface area contributed by atoms with E-state index in [1.54, 1.807) is 13.1 Å². The SMILES string of the molecule is CC(=O)N1CCC(CNC(=O)c2cnc3c(S)cc(C)cc3c2)CC1. The first-order valence-electron chi connectivity index (χ1n) is 8.57. The highest BCUT2D eigenvalue weighted by molar-refractivity contribution is 7.80. The smallest absolute Gasteiger partial charge is 0.252 e. The summed E-state index contributed by atoms with van der Waals surface area (Å²) < 4.78 is 0. The summed E-state index contributed by atoms with van der Waals surface area (Å²) in [6.07, 6.45) is 3.46. The van der Waals surface area contributed by atoms with E-state index in [4.69, 9.17) is 0 Å². The average Bonchev–Trinajstić information content (AvgIpc) is 2.59. The topological polar surface area (TPSA) is 62.3 Å². The Hall–Kier alpha value is -2.08. The first kappa shape index (κ1) is 17.7. The van der Waals surface area contributed by atoms with Gasteiger partial charge in [-0.2, -0.15) is 0 Å². The van der Waals surface area contributed by atoms with Crippen LogP contribution in [0.5, 0.6) is 0 Å². The van der Waals surface area contributed by atoms with Crippen molar-refractivity contribution in [3.63, 3.8) is 0 Å². The number of aryl methyl sites for hydroxylation is 1. The molecule has 1 saturated heterocycles. The van der Waals surface area contributed by atoms with Crippen LogP contribution in [0, 0.1) is 12.8 Å². The predicted octanol–water partition coefficient (Wildman–Crippen LogP) is 2.82. The number of pyridine rings is 1. The normalized spacial score (nSPS) is 15.4. The molecule has 0 bridgehead atoms. The monoisotopic (exact) mass is 357 g/mol. The molecule has 0 atom stereocenters. The lowest BCUT2D eigenvalue weighted by atomic mass is 9.96. The molecule has 0 unspecified atom stereocenters. The van der Waals surface area contributed by atoms with E-state index in [2.05, 4.69) is 22.9 Å². The summed E-state index contributed by atoms with van der Waals surface area (Å²) in [5.41, 5.74) is 2.46. The van der Waals surface area contributed by atoms with Crippen molar-refractivity contribution in [1.82, 2.24) is 15.2 Å². The van der Waals surface area contributed by atoms with Crippen LogP contribution >= 0.6 is 12.6 Å². The van der Waals surface area contributed by atoms with Crippen molar-refractivity contribution in [2.24, 2.45) is 5.92 Å². The summed E-state index contributed by atoms with van der Waals surface area (Å²) in [7, 11) is 0. The summed E-state index contributed by atoms with van der Waals surface area (Å²) in [5, 5.41) is 3.93. The van der Waals surface area contributed by atoms with E-state index < -0.39 is 0 Å². The van der Waals surface area contributed by atoms with Gasteiger partial charge >= 0.3 is 0 Å². The van der Waals surface area contributed by atoms with Gasteiger partial charge in [-0.25, -0.2) is 0 Å². The average molecular weight is 357 g/mol. The van der Waals surface area contributed by atoms with Gasteiger partial charge in [-0.05, 0) is 49.4 Å². The number of carbonyl (C=O) groups is 2. The fraction of sp³-hybridized carbons (Fsp3) is 0.421. The number of benzene rings is 1. The maximum absolute atomic E-state index is 12.4. The number of nitrogens with one attached hydrogen (secondary N) is 1. The highest BCUT2D eigenvalue weighted by Gasteiger charge is 2.21. The lowest BCUT2D eigenvalue weighted by Crippen LogP contribution is -2.40. The number of rotatable bonds is 3. The Morgan fingerprint density at radius 3 is 2.68 bits per heavy atom. The van der Waals surface area contributed by atoms with E-state index in [1.807, 2.05) is 30.0 Å². The molecule has 1 N–H and O–H groups in total. The largest absolute Gasteiger partial charge is 0.352 e. The zero-order valence-electron chi connectivity index (χ0n) is 14.6. The van der Waals surface area contributed by atoms with Gasteiger partial charge in [-0.3, -0.25) is 14.6 Å². The summed E-state index contributed by atoms with van der Waals surface area (Å²) in [6.45, 7) is 5.79. The van der Waals surface area contributed by atoms with Crippen molar-refractivity contribution >= 4 is 35.3 Å². The van der Waals surface area contributed by atoms with Crippen LogP contribution in [-0.2, 0) is 4.79 Å². The van der Waals surface area contributed by atoms with Crippen LogP contribution in [0.3, 0.4) is 0 Å². The van der Waals surface area contributed by atoms with Crippen molar-refractivity contribution in [3.05, 3.63) is 35.5 Å². The lowest BCUT2D eigenvalue weighted by molar-refractivity contribution is -0.130. The van der Waals surface area contributed by atoms with E-state index in [1.165, 1.54) is 0 Å². The van der Waals surface area contributed by atoms with Gasteiger partial charge in [0.1, 0.15) is 0 Å². The van der Waals surface area contributed by atoms with Crippen molar-refractivity contribution in [3.8, 4) is 0 Å². The molecule has 2 heterocycles. The van der Waals surface area contributed by atoms with Crippen LogP contribution in [0.2, 0.25) is 0 Å². The molecular weight excluding hydrogens is 334 g/mol. The standard InChI is InChI=1S/C19H23N3O2S/c1-12-7-15-9-16(11-20-18(15)17(25)8-12)19(24)21-10-14-3-5-22(6-4-14)13(2)23/h7-9,11,14,25H,3-6,10H2,1-2H3,(H,21,24). The molecule has 1 aromatic heterocycles. The maximum atomic E-state index is 12.4. The minimum absolute atomic E-state index is 0.106. The fourth-order valence-electron chi connectivity index (χ4n) is 3.29. The molecule has 6 heteroatoms. The minimum Gasteiger partial charge on any atom is -0.352 e. The third-order valence-corrected chi connectivity index (χ3v) is 5.12. The number of carbonyl (C=O) groups excluding carboxylic acids is 2. The highest BCUT2D eigenvalue weighted by atomic mass is 32.1. The maximum Gasteiger partial charge on any atom is 0.252 e. The number of fused-ring (bicyclic) bond motifs is 1. The third kappa shape index (κ3) is 4.12. The lowest BCUT2D eigenvalue weighted by Gasteiger charge is -2.31. The minimum atomic E-state index is -0.106. The van der Waals surface area contributed by atoms with Crippen LogP contribution in [0.4, 0.5) is 0 Å². The Bertz CT molecular complexity index is 814. The second-order valence-corrected chi connectivity index (χ2v) is 7.22. The molecule has 1 aliphatic rings. The van der Waals surface area contributed by atoms with Crippen LogP contribution in [0.1, 0.15) is 35.7 Å². The second kappa shape index (κ2) is 7.44. The van der Waals surface area contributed by atoms with Gasteiger partial charge < -0.3 is 10.2 Å². The number of amides is 2. The quantitative estimate of drug-likeness (QED) is 0.831. The first-order chi connectivity index (χ1) is 11.9. The van der Waals surface area contributed by atoms with Crippen molar-refractivity contribution in [1.29, 1.82) is 0 Å². The van der Waals surface area contributed by atoms with Crippen molar-refractivity contribution in [2.45, 2.75) is 31.6 Å². The molecule has 0 spiro atoms. The molecule has 1 aromatic carbocycles. The molecule has 25 heavy (non-hydrogen) atoms. The van der Waals surface area contributed by atoms with E-state index in [-0.39, 0.29) is 11.8 Å². The Kier molecular flexibility index (Phi) is 5.27. The number of aromatic nitrogens is 1. The molecular formula is C19H23N3O2S. The second-order valence-electron chi connectivity index (χ2n) is 6.74. The molecule has 2 amide bonds. The molecule has 0 radical (unpaired) electrons. The van der Waals surface area contributed by atoms with E-state index in [0.29, 0.717) is 18.0 Å². The van der Waals surface area contributed by atoms with Crippen LogP contribution in [0.25, 0.3) is 10.9 Å². The van der Waals surface area contributed by atoms with E-state index >= 15 is 0 Å². The predicted molar refractivity (Wildman–Crippen MR) is 101 cm³/mol. The number of likely N-dealkylation sites (tertiary alicyclic amines) is 1. The van der Waals surface area contributed by atoms with Crippen LogP contribution in [0.15, 0.2) is 29.3 Å². The molecule has 5 nitrogen and oxygen atoms in total. The van der Waals surface area contributed by atoms with E-state index in [9.17, 15) is 9.59 Å². The molecule has 2 aromatic rings. The van der Waals surface area contributed by atoms with E-state index in [0.717, 1.165) is 47.3 Å². The van der Waals surface area contributed by atoms with Gasteiger partial charge in [-0.1, -0.05) is 0 Å². The Morgan fingerprint density at radius 2 is 2.00 bits per heavy atom. The van der Waals surface area contributed by atoms with Crippen molar-refractivity contribution < 1.29 is 9.59 Å². The molecule has 1 aliphatic heterocycles. The zero-order valence-corrected chi connectivity index (χ0v) is 15.5. The number of thiol groups is 1. The Balaban J connectivity index is 1.62. The van der Waals surface area contributed by atoms with Gasteiger partial charge in [0.15, 0.2) is 0 Å². The van der Waals surface area contributed by atoms with Gasteiger partial charge in [0, 0.05) is 43.0 Å². The summed E-state index contributed by atoms with van der Waals surface area (Å²) in [5.74, 6) is 0.438. The number of nitrogens with zero attached hydrogens (tertiary/aromatic N) is 2. The highest BCUT2D eigenvalue weighted by Crippen LogP contribution is 2.23. The molecule has 0 aliphatic carbocycles. The van der Waals surface area contributed by atoms with Crippen LogP contribution < -0.4 is 5.32 Å². The number of hydrogen-bond acceptors (Lipinski definition) is 4. The van der Waals surface area contributed by atoms with Gasteiger partial charge in [0.2, 0.25) is 5.91 Å². The molecule has 132 valence electrons. The molecule has 1 fully saturated rings. The molecule has 3 rings (SSSR count). The third-order valence-electron chi connectivity index (χ3n) is 4.78. The van der Waals surface area contributed by atoms with Gasteiger partial charge in [0.25, 0.3) is 5.91 Å². The summed E-state index contributed by atoms with van der Waals surface area (Å²) >= 11 is 4.45. The Morgan fingerprint density at radius 1 is 1.28 bits per heavy atom. The molecule has 0 saturated carbocycles. The number of hydrogen-bond donors (Lipinski definition) is 2. The Labute approximate surface area is 153 Å². The number of piperidine rings is 1. The zero-order chi connectivity index (χ0) is 18.0.